The van der Waals surface area contributed by atoms with Crippen LogP contribution in [-0.4, -0.2) is 70.6 Å². The second-order valence-corrected chi connectivity index (χ2v) is 11.0. The van der Waals surface area contributed by atoms with Gasteiger partial charge in [-0.1, -0.05) is 48.6 Å². The van der Waals surface area contributed by atoms with Crippen molar-refractivity contribution in [2.45, 2.75) is 0 Å². The van der Waals surface area contributed by atoms with Crippen LogP contribution in [0.2, 0.25) is 0 Å². The number of aromatic hydroxyl groups is 4. The van der Waals surface area contributed by atoms with E-state index < -0.39 is 11.6 Å². The third-order valence-electron chi connectivity index (χ3n) is 7.17. The molecule has 4 aromatic rings. The second kappa shape index (κ2) is 22.3. The van der Waals surface area contributed by atoms with Crippen LogP contribution in [0.1, 0.15) is 22.3 Å². The Morgan fingerprint density at radius 2 is 0.673 bits per heavy atom. The summed E-state index contributed by atoms with van der Waals surface area (Å²) >= 11 is 0. The van der Waals surface area contributed by atoms with E-state index in [1.165, 1.54) is 77.0 Å². The Labute approximate surface area is 328 Å². The summed E-state index contributed by atoms with van der Waals surface area (Å²) in [6.07, 6.45) is 13.7. The minimum Gasteiger partial charge on any atom is -0.508 e. The summed E-state index contributed by atoms with van der Waals surface area (Å²) in [7, 11) is 5.75. The molecule has 0 amide bonds. The van der Waals surface area contributed by atoms with E-state index in [1.54, 1.807) is 72.8 Å². The van der Waals surface area contributed by atoms with E-state index in [0.29, 0.717) is 45.3 Å². The van der Waals surface area contributed by atoms with E-state index in [9.17, 15) is 40.2 Å². The average molecular weight is 795 g/mol. The quantitative estimate of drug-likeness (QED) is 0.0316. The van der Waals surface area contributed by atoms with Crippen molar-refractivity contribution in [3.8, 4) is 46.0 Å². The van der Waals surface area contributed by atoms with Gasteiger partial charge in [-0.05, 0) is 95.1 Å². The number of aliphatic hydroxyl groups excluding tert-OH is 2. The molecule has 0 bridgehead atoms. The Bertz CT molecular complexity index is 1980. The molecule has 13 heteroatoms. The molecule has 290 valence electrons. The largest absolute Gasteiger partial charge is 0.508 e. The smallest absolute Gasteiger partial charge is 0.182 e. The molecule has 0 spiro atoms. The first-order valence-electron chi connectivity index (χ1n) is 15.9. The van der Waals surface area contributed by atoms with Gasteiger partial charge in [-0.2, -0.15) is 0 Å². The molecule has 0 heterocycles. The minimum absolute atomic E-state index is 0. The molecule has 0 aromatic heterocycles. The van der Waals surface area contributed by atoms with Crippen LogP contribution in [-0.2, 0) is 26.1 Å². The van der Waals surface area contributed by atoms with Gasteiger partial charge in [0.05, 0.1) is 28.4 Å². The van der Waals surface area contributed by atoms with Gasteiger partial charge in [0.25, 0.3) is 0 Å². The summed E-state index contributed by atoms with van der Waals surface area (Å²) in [5, 5.41) is 57.9. The molecule has 12 nitrogen and oxygen atoms in total. The summed E-state index contributed by atoms with van der Waals surface area (Å²) in [6, 6.07) is 18.8. The maximum Gasteiger partial charge on any atom is 0.182 e. The zero-order chi connectivity index (χ0) is 39.6. The number of carbonyl (C=O) groups is 2. The third kappa shape index (κ3) is 14.6. The van der Waals surface area contributed by atoms with Gasteiger partial charge >= 0.3 is 0 Å². The third-order valence-corrected chi connectivity index (χ3v) is 7.17. The number of phenolic OH excluding ortho intramolecular Hbond substituents is 4. The monoisotopic (exact) mass is 794 g/mol. The van der Waals surface area contributed by atoms with Gasteiger partial charge in [0.2, 0.25) is 0 Å². The normalized spacial score (nSPS) is 11.6. The Balaban J connectivity index is 0.000000373. The molecule has 55 heavy (non-hydrogen) atoms. The first-order chi connectivity index (χ1) is 25.8. The average Bonchev–Trinajstić information content (AvgIpc) is 3.16. The fourth-order valence-electron chi connectivity index (χ4n) is 4.40. The van der Waals surface area contributed by atoms with Crippen LogP contribution >= 0.6 is 0 Å². The molecular weight excluding hydrogens is 755 g/mol. The van der Waals surface area contributed by atoms with Crippen LogP contribution in [0.15, 0.2) is 121 Å². The Hall–Kier alpha value is -6.85. The molecule has 4 rings (SSSR count). The number of phenols is 4. The van der Waals surface area contributed by atoms with Crippen molar-refractivity contribution in [2.24, 2.45) is 0 Å². The molecular formula is C42H40NiO12. The predicted octanol–water partition coefficient (Wildman–Crippen LogP) is 7.70. The predicted molar refractivity (Wildman–Crippen MR) is 206 cm³/mol. The van der Waals surface area contributed by atoms with Gasteiger partial charge in [0.1, 0.15) is 11.5 Å². The fourth-order valence-corrected chi connectivity index (χ4v) is 4.40. The van der Waals surface area contributed by atoms with Crippen molar-refractivity contribution < 1.29 is 75.7 Å². The number of hydrogen-bond donors (Lipinski definition) is 6. The summed E-state index contributed by atoms with van der Waals surface area (Å²) in [6.45, 7) is 0. The SMILES string of the molecule is COc1cc(/C=C/C(=O)/C=C(O)/C=C/c2ccc(O)c(OC)c2)ccc1O.COc1cc(/C=C/C(=O)/C=C(O)/C=C/c2ccc(O)c(OC)c2)ccc1O.[Ni]. The topological polar surface area (TPSA) is 192 Å². The summed E-state index contributed by atoms with van der Waals surface area (Å²) in [4.78, 5) is 23.8. The number of carbonyl (C=O) groups excluding carboxylic acids is 2. The Kier molecular flexibility index (Phi) is 17.9. The van der Waals surface area contributed by atoms with E-state index in [2.05, 4.69) is 0 Å². The first kappa shape index (κ1) is 44.3. The van der Waals surface area contributed by atoms with E-state index in [-0.39, 0.29) is 51.0 Å². The molecule has 0 aliphatic carbocycles. The molecule has 0 atom stereocenters. The van der Waals surface area contributed by atoms with Gasteiger partial charge in [0.15, 0.2) is 57.6 Å². The number of methoxy groups -OCH3 is 4. The number of ether oxygens (including phenoxy) is 4. The molecule has 0 fully saturated rings. The van der Waals surface area contributed by atoms with E-state index >= 15 is 0 Å². The molecule has 0 saturated heterocycles. The van der Waals surface area contributed by atoms with Crippen LogP contribution < -0.4 is 18.9 Å². The minimum atomic E-state index is -0.410. The molecule has 4 aromatic carbocycles. The maximum atomic E-state index is 11.9. The van der Waals surface area contributed by atoms with Crippen LogP contribution in [0.25, 0.3) is 24.3 Å². The van der Waals surface area contributed by atoms with Crippen molar-refractivity contribution >= 4 is 35.9 Å². The Morgan fingerprint density at radius 3 is 0.909 bits per heavy atom. The molecule has 0 aliphatic heterocycles. The standard InChI is InChI=1S/2C21H20O6.Ni/c2*1-26-20-11-14(5-9-18(20)24)3-7-16(22)13-17(23)8-4-15-6-10-19(25)21(12-15)27-2;/h2*3-13,22,24-25H,1-2H3;/b2*7-3+,8-4+,16-13-;. The maximum absolute atomic E-state index is 11.9. The number of hydrogen-bond acceptors (Lipinski definition) is 12. The van der Waals surface area contributed by atoms with Crippen molar-refractivity contribution in [3.63, 3.8) is 0 Å². The zero-order valence-corrected chi connectivity index (χ0v) is 31.1. The number of rotatable bonds is 14. The number of ketones is 2. The molecule has 0 unspecified atom stereocenters. The second-order valence-electron chi connectivity index (χ2n) is 11.0. The molecule has 6 N–H and O–H groups in total. The van der Waals surface area contributed by atoms with Gasteiger partial charge in [-0.15, -0.1) is 0 Å². The first-order valence-corrected chi connectivity index (χ1v) is 15.9. The molecule has 0 radical (unpaired) electrons. The number of allylic oxidation sites excluding steroid dienone is 6. The number of benzene rings is 4. The van der Waals surface area contributed by atoms with Crippen LogP contribution in [0.3, 0.4) is 0 Å². The van der Waals surface area contributed by atoms with E-state index in [0.717, 1.165) is 12.2 Å². The van der Waals surface area contributed by atoms with Crippen molar-refractivity contribution in [3.05, 3.63) is 143 Å². The van der Waals surface area contributed by atoms with Crippen molar-refractivity contribution in [1.29, 1.82) is 0 Å². The van der Waals surface area contributed by atoms with Gasteiger partial charge in [-0.25, -0.2) is 0 Å². The summed E-state index contributed by atoms with van der Waals surface area (Å²) < 4.78 is 20.0. The zero-order valence-electron chi connectivity index (χ0n) is 30.2. The van der Waals surface area contributed by atoms with Crippen molar-refractivity contribution in [1.82, 2.24) is 0 Å². The van der Waals surface area contributed by atoms with Crippen LogP contribution in [0.5, 0.6) is 46.0 Å². The van der Waals surface area contributed by atoms with Crippen LogP contribution in [0.4, 0.5) is 0 Å². The number of aliphatic hydroxyl groups is 2. The molecule has 0 saturated carbocycles. The fraction of sp³-hybridized carbons (Fsp3) is 0.0952. The van der Waals surface area contributed by atoms with Crippen LogP contribution in [0, 0.1) is 0 Å². The summed E-state index contributed by atoms with van der Waals surface area (Å²) in [5.41, 5.74) is 2.70. The van der Waals surface area contributed by atoms with Gasteiger partial charge < -0.3 is 49.6 Å². The van der Waals surface area contributed by atoms with E-state index in [1.807, 2.05) is 0 Å². The summed E-state index contributed by atoms with van der Waals surface area (Å²) in [5.74, 6) is 0.00327. The molecule has 0 aliphatic rings. The van der Waals surface area contributed by atoms with Gasteiger partial charge in [-0.3, -0.25) is 9.59 Å². The van der Waals surface area contributed by atoms with Gasteiger partial charge in [0, 0.05) is 28.6 Å². The van der Waals surface area contributed by atoms with E-state index in [4.69, 9.17) is 18.9 Å². The Morgan fingerprint density at radius 1 is 0.436 bits per heavy atom. The van der Waals surface area contributed by atoms with Crippen molar-refractivity contribution in [2.75, 3.05) is 28.4 Å².